The van der Waals surface area contributed by atoms with E-state index in [4.69, 9.17) is 5.73 Å². The van der Waals surface area contributed by atoms with E-state index < -0.39 is 0 Å². The lowest BCUT2D eigenvalue weighted by molar-refractivity contribution is 0.650. The molecule has 0 aliphatic rings. The molecule has 2 heteroatoms. The second kappa shape index (κ2) is 3.68. The fraction of sp³-hybridized carbons (Fsp3) is 0.600. The zero-order valence-corrected chi connectivity index (χ0v) is 4.65. The van der Waals surface area contributed by atoms with Crippen molar-refractivity contribution in [2.24, 2.45) is 5.73 Å². The molecule has 0 fully saturated rings. The van der Waals surface area contributed by atoms with Crippen LogP contribution >= 0.6 is 0 Å². The molecule has 42 valence electrons. The van der Waals surface area contributed by atoms with E-state index >= 15 is 0 Å². The Kier molecular flexibility index (Phi) is 3.42. The molecular formula is C5H12N2. The van der Waals surface area contributed by atoms with Crippen molar-refractivity contribution < 1.29 is 0 Å². The van der Waals surface area contributed by atoms with Gasteiger partial charge in [0.05, 0.1) is 0 Å². The van der Waals surface area contributed by atoms with Gasteiger partial charge in [-0.25, -0.2) is 0 Å². The first kappa shape index (κ1) is 6.50. The number of hydrogen-bond acceptors (Lipinski definition) is 2. The molecular weight excluding hydrogens is 88.1 g/mol. The van der Waals surface area contributed by atoms with Crippen molar-refractivity contribution in [2.45, 2.75) is 13.0 Å². The summed E-state index contributed by atoms with van der Waals surface area (Å²) in [6, 6.07) is 0.359. The molecule has 0 rings (SSSR count). The minimum atomic E-state index is 0.359. The average Bonchev–Trinajstić information content (AvgIpc) is 1.68. The van der Waals surface area contributed by atoms with E-state index in [0.717, 1.165) is 0 Å². The molecule has 0 spiro atoms. The van der Waals surface area contributed by atoms with Gasteiger partial charge in [-0.05, 0) is 13.1 Å². The summed E-state index contributed by atoms with van der Waals surface area (Å²) in [4.78, 5) is 0. The molecule has 0 aromatic heterocycles. The van der Waals surface area contributed by atoms with Crippen LogP contribution in [-0.4, -0.2) is 12.6 Å². The average molecular weight is 100 g/mol. The predicted molar refractivity (Wildman–Crippen MR) is 31.8 cm³/mol. The van der Waals surface area contributed by atoms with Crippen LogP contribution in [0.3, 0.4) is 0 Å². The van der Waals surface area contributed by atoms with Crippen molar-refractivity contribution in [1.29, 1.82) is 0 Å². The fourth-order valence-electron chi connectivity index (χ4n) is 0.269. The fourth-order valence-corrected chi connectivity index (χ4v) is 0.269. The Bertz CT molecular complexity index is 52.0. The van der Waals surface area contributed by atoms with Crippen molar-refractivity contribution in [3.05, 3.63) is 12.8 Å². The van der Waals surface area contributed by atoms with E-state index in [1.54, 1.807) is 6.20 Å². The Hall–Kier alpha value is -0.500. The van der Waals surface area contributed by atoms with Gasteiger partial charge in [-0.1, -0.05) is 6.58 Å². The van der Waals surface area contributed by atoms with E-state index in [1.807, 2.05) is 6.92 Å². The molecule has 0 aromatic rings. The highest BCUT2D eigenvalue weighted by Gasteiger charge is 1.88. The van der Waals surface area contributed by atoms with Crippen LogP contribution in [0.2, 0.25) is 0 Å². The molecule has 0 unspecified atom stereocenters. The standard InChI is InChI=1S/C5H12N2/c1-3-7-5(2)4-6/h3,5,7H,1,4,6H2,2H3/t5-/m0/s1. The summed E-state index contributed by atoms with van der Waals surface area (Å²) in [5.41, 5.74) is 5.25. The molecule has 0 heterocycles. The molecule has 0 aliphatic heterocycles. The largest absolute Gasteiger partial charge is 0.388 e. The van der Waals surface area contributed by atoms with Gasteiger partial charge in [0.25, 0.3) is 0 Å². The van der Waals surface area contributed by atoms with Crippen LogP contribution in [0.25, 0.3) is 0 Å². The monoisotopic (exact) mass is 100 g/mol. The lowest BCUT2D eigenvalue weighted by atomic mass is 10.3. The van der Waals surface area contributed by atoms with Crippen LogP contribution < -0.4 is 11.1 Å². The van der Waals surface area contributed by atoms with Gasteiger partial charge in [-0.2, -0.15) is 0 Å². The van der Waals surface area contributed by atoms with Crippen LogP contribution in [-0.2, 0) is 0 Å². The maximum Gasteiger partial charge on any atom is 0.0349 e. The third-order valence-corrected chi connectivity index (χ3v) is 0.756. The van der Waals surface area contributed by atoms with E-state index in [2.05, 4.69) is 11.9 Å². The topological polar surface area (TPSA) is 38.0 Å². The number of rotatable bonds is 3. The Morgan fingerprint density at radius 1 is 2.00 bits per heavy atom. The van der Waals surface area contributed by atoms with Crippen molar-refractivity contribution >= 4 is 0 Å². The minimum Gasteiger partial charge on any atom is -0.388 e. The van der Waals surface area contributed by atoms with Crippen molar-refractivity contribution in [1.82, 2.24) is 5.32 Å². The maximum absolute atomic E-state index is 5.25. The van der Waals surface area contributed by atoms with Crippen LogP contribution in [0.1, 0.15) is 6.92 Å². The van der Waals surface area contributed by atoms with Gasteiger partial charge in [-0.3, -0.25) is 0 Å². The van der Waals surface area contributed by atoms with E-state index in [0.29, 0.717) is 12.6 Å². The summed E-state index contributed by atoms with van der Waals surface area (Å²) in [5.74, 6) is 0. The van der Waals surface area contributed by atoms with E-state index in [1.165, 1.54) is 0 Å². The van der Waals surface area contributed by atoms with Gasteiger partial charge in [-0.15, -0.1) is 0 Å². The van der Waals surface area contributed by atoms with Crippen LogP contribution in [0.15, 0.2) is 12.8 Å². The summed E-state index contributed by atoms with van der Waals surface area (Å²) < 4.78 is 0. The molecule has 0 aliphatic carbocycles. The number of nitrogens with one attached hydrogen (secondary N) is 1. The van der Waals surface area contributed by atoms with Gasteiger partial charge in [0.15, 0.2) is 0 Å². The van der Waals surface area contributed by atoms with Crippen molar-refractivity contribution in [3.63, 3.8) is 0 Å². The lowest BCUT2D eigenvalue weighted by Crippen LogP contribution is -2.28. The lowest BCUT2D eigenvalue weighted by Gasteiger charge is -2.05. The molecule has 0 saturated heterocycles. The molecule has 2 nitrogen and oxygen atoms in total. The first-order valence-electron chi connectivity index (χ1n) is 2.38. The van der Waals surface area contributed by atoms with Crippen LogP contribution in [0, 0.1) is 0 Å². The zero-order chi connectivity index (χ0) is 5.70. The van der Waals surface area contributed by atoms with Gasteiger partial charge in [0.1, 0.15) is 0 Å². The molecule has 0 saturated carbocycles. The maximum atomic E-state index is 5.25. The Labute approximate surface area is 44.4 Å². The highest BCUT2D eigenvalue weighted by molar-refractivity contribution is 4.69. The number of hydrogen-bond donors (Lipinski definition) is 2. The van der Waals surface area contributed by atoms with Gasteiger partial charge in [0.2, 0.25) is 0 Å². The summed E-state index contributed by atoms with van der Waals surface area (Å²) in [6.45, 7) is 6.14. The second-order valence-electron chi connectivity index (χ2n) is 1.51. The number of nitrogens with two attached hydrogens (primary N) is 1. The molecule has 0 amide bonds. The molecule has 3 N–H and O–H groups in total. The third-order valence-electron chi connectivity index (χ3n) is 0.756. The van der Waals surface area contributed by atoms with Gasteiger partial charge >= 0.3 is 0 Å². The third kappa shape index (κ3) is 3.33. The molecule has 0 aromatic carbocycles. The van der Waals surface area contributed by atoms with E-state index in [9.17, 15) is 0 Å². The predicted octanol–water partition coefficient (Wildman–Crippen LogP) is 0.0667. The quantitative estimate of drug-likeness (QED) is 0.526. The highest BCUT2D eigenvalue weighted by Crippen LogP contribution is 1.71. The summed E-state index contributed by atoms with van der Waals surface area (Å²) in [7, 11) is 0. The minimum absolute atomic E-state index is 0.359. The second-order valence-corrected chi connectivity index (χ2v) is 1.51. The molecule has 0 radical (unpaired) electrons. The summed E-state index contributed by atoms with van der Waals surface area (Å²) in [5, 5.41) is 2.93. The zero-order valence-electron chi connectivity index (χ0n) is 4.65. The molecule has 1 atom stereocenters. The van der Waals surface area contributed by atoms with Crippen LogP contribution in [0.5, 0.6) is 0 Å². The van der Waals surface area contributed by atoms with Gasteiger partial charge < -0.3 is 11.1 Å². The van der Waals surface area contributed by atoms with Crippen molar-refractivity contribution in [2.75, 3.05) is 6.54 Å². The van der Waals surface area contributed by atoms with Crippen molar-refractivity contribution in [3.8, 4) is 0 Å². The SMILES string of the molecule is C=CN[C@@H](C)CN. The van der Waals surface area contributed by atoms with Crippen LogP contribution in [0.4, 0.5) is 0 Å². The smallest absolute Gasteiger partial charge is 0.0349 e. The first-order valence-corrected chi connectivity index (χ1v) is 2.38. The highest BCUT2D eigenvalue weighted by atomic mass is 14.9. The molecule has 7 heavy (non-hydrogen) atoms. The Morgan fingerprint density at radius 2 is 2.57 bits per heavy atom. The molecule has 0 bridgehead atoms. The normalized spacial score (nSPS) is 12.9. The first-order chi connectivity index (χ1) is 3.31. The summed E-state index contributed by atoms with van der Waals surface area (Å²) >= 11 is 0. The Balaban J connectivity index is 2.98. The Morgan fingerprint density at radius 3 is 2.71 bits per heavy atom. The summed E-state index contributed by atoms with van der Waals surface area (Å²) in [6.07, 6.45) is 1.65. The van der Waals surface area contributed by atoms with E-state index in [-0.39, 0.29) is 0 Å². The van der Waals surface area contributed by atoms with Gasteiger partial charge in [0, 0.05) is 12.6 Å².